The number of nitrogens with one attached hydrogen (secondary N) is 1. The van der Waals surface area contributed by atoms with Crippen molar-refractivity contribution in [1.29, 1.82) is 0 Å². The van der Waals surface area contributed by atoms with Gasteiger partial charge in [0.1, 0.15) is 11.5 Å². The SMILES string of the molecule is CC(=O)Oc1ccc(-c2ccco2)cc1C(=O)Nc1cc(-c2ccccc2)ccc1C(=O)O. The van der Waals surface area contributed by atoms with Crippen LogP contribution < -0.4 is 10.1 Å². The average molecular weight is 441 g/mol. The predicted molar refractivity (Wildman–Crippen MR) is 122 cm³/mol. The standard InChI is InChI=1S/C26H19NO6/c1-16(28)33-24-12-10-19(23-8-5-13-32-23)14-21(24)25(29)27-22-15-18(9-11-20(22)26(30)31)17-6-3-2-4-7-17/h2-15H,1H3,(H,27,29)(H,30,31). The molecular weight excluding hydrogens is 422 g/mol. The first kappa shape index (κ1) is 21.6. The zero-order valence-corrected chi connectivity index (χ0v) is 17.6. The number of carbonyl (C=O) groups is 3. The summed E-state index contributed by atoms with van der Waals surface area (Å²) >= 11 is 0. The van der Waals surface area contributed by atoms with E-state index in [-0.39, 0.29) is 22.6 Å². The van der Waals surface area contributed by atoms with Crippen LogP contribution in [0.4, 0.5) is 5.69 Å². The number of hydrogen-bond acceptors (Lipinski definition) is 5. The molecule has 1 heterocycles. The van der Waals surface area contributed by atoms with Crippen LogP contribution in [-0.4, -0.2) is 23.0 Å². The Labute approximate surface area is 189 Å². The largest absolute Gasteiger partial charge is 0.478 e. The molecule has 0 spiro atoms. The molecule has 0 aliphatic heterocycles. The quantitative estimate of drug-likeness (QED) is 0.303. The number of amides is 1. The highest BCUT2D eigenvalue weighted by atomic mass is 16.5. The second-order valence-corrected chi connectivity index (χ2v) is 7.17. The summed E-state index contributed by atoms with van der Waals surface area (Å²) in [5.41, 5.74) is 2.30. The Bertz CT molecular complexity index is 1330. The normalized spacial score (nSPS) is 10.5. The van der Waals surface area contributed by atoms with Crippen LogP contribution in [0.1, 0.15) is 27.6 Å². The van der Waals surface area contributed by atoms with E-state index in [4.69, 9.17) is 9.15 Å². The molecule has 0 saturated carbocycles. The molecule has 7 nitrogen and oxygen atoms in total. The Morgan fingerprint density at radius 1 is 0.818 bits per heavy atom. The van der Waals surface area contributed by atoms with E-state index in [1.54, 1.807) is 30.3 Å². The summed E-state index contributed by atoms with van der Waals surface area (Å²) in [7, 11) is 0. The second-order valence-electron chi connectivity index (χ2n) is 7.17. The fraction of sp³-hybridized carbons (Fsp3) is 0.0385. The van der Waals surface area contributed by atoms with Crippen molar-refractivity contribution in [3.8, 4) is 28.2 Å². The van der Waals surface area contributed by atoms with Crippen molar-refractivity contribution < 1.29 is 28.6 Å². The minimum absolute atomic E-state index is 0.0476. The summed E-state index contributed by atoms with van der Waals surface area (Å²) in [6.45, 7) is 1.23. The molecule has 33 heavy (non-hydrogen) atoms. The smallest absolute Gasteiger partial charge is 0.337 e. The lowest BCUT2D eigenvalue weighted by Crippen LogP contribution is -2.17. The highest BCUT2D eigenvalue weighted by molar-refractivity contribution is 6.10. The molecule has 7 heteroatoms. The third-order valence-corrected chi connectivity index (χ3v) is 4.89. The molecule has 3 aromatic carbocycles. The Kier molecular flexibility index (Phi) is 6.04. The van der Waals surface area contributed by atoms with E-state index in [2.05, 4.69) is 5.32 Å². The highest BCUT2D eigenvalue weighted by Gasteiger charge is 2.20. The molecule has 4 aromatic rings. The molecule has 0 bridgehead atoms. The minimum Gasteiger partial charge on any atom is -0.478 e. The second kappa shape index (κ2) is 9.23. The van der Waals surface area contributed by atoms with Gasteiger partial charge in [-0.3, -0.25) is 9.59 Å². The maximum atomic E-state index is 13.2. The fourth-order valence-electron chi connectivity index (χ4n) is 3.38. The van der Waals surface area contributed by atoms with Gasteiger partial charge in [0.25, 0.3) is 5.91 Å². The summed E-state index contributed by atoms with van der Waals surface area (Å²) < 4.78 is 10.6. The zero-order chi connectivity index (χ0) is 23.4. The van der Waals surface area contributed by atoms with Gasteiger partial charge >= 0.3 is 11.9 Å². The molecule has 2 N–H and O–H groups in total. The van der Waals surface area contributed by atoms with Gasteiger partial charge in [-0.15, -0.1) is 0 Å². The van der Waals surface area contributed by atoms with Crippen molar-refractivity contribution in [2.75, 3.05) is 5.32 Å². The number of hydrogen-bond donors (Lipinski definition) is 2. The van der Waals surface area contributed by atoms with Gasteiger partial charge in [0.15, 0.2) is 0 Å². The first-order chi connectivity index (χ1) is 15.9. The first-order valence-corrected chi connectivity index (χ1v) is 10.0. The number of ether oxygens (including phenoxy) is 1. The Balaban J connectivity index is 1.75. The van der Waals surface area contributed by atoms with Crippen LogP contribution >= 0.6 is 0 Å². The Hall–Kier alpha value is -4.65. The van der Waals surface area contributed by atoms with Crippen molar-refractivity contribution >= 4 is 23.5 Å². The van der Waals surface area contributed by atoms with Gasteiger partial charge in [0, 0.05) is 12.5 Å². The molecule has 1 amide bonds. The lowest BCUT2D eigenvalue weighted by Gasteiger charge is -2.14. The van der Waals surface area contributed by atoms with Gasteiger partial charge in [-0.05, 0) is 53.6 Å². The van der Waals surface area contributed by atoms with E-state index in [1.165, 1.54) is 31.4 Å². The number of anilines is 1. The van der Waals surface area contributed by atoms with E-state index in [1.807, 2.05) is 30.3 Å². The summed E-state index contributed by atoms with van der Waals surface area (Å²) in [5.74, 6) is -1.84. The molecule has 0 unspecified atom stereocenters. The summed E-state index contributed by atoms with van der Waals surface area (Å²) in [6.07, 6.45) is 1.50. The number of carboxylic acid groups (broad SMARTS) is 1. The van der Waals surface area contributed by atoms with Crippen molar-refractivity contribution in [3.63, 3.8) is 0 Å². The number of rotatable bonds is 6. The van der Waals surface area contributed by atoms with Crippen molar-refractivity contribution in [3.05, 3.63) is 96.3 Å². The number of benzene rings is 3. The molecule has 164 valence electrons. The predicted octanol–water partition coefficient (Wildman–Crippen LogP) is 5.49. The lowest BCUT2D eigenvalue weighted by atomic mass is 10.0. The topological polar surface area (TPSA) is 106 Å². The molecule has 0 saturated heterocycles. The van der Waals surface area contributed by atoms with Gasteiger partial charge in [-0.1, -0.05) is 36.4 Å². The van der Waals surface area contributed by atoms with Gasteiger partial charge in [-0.2, -0.15) is 0 Å². The van der Waals surface area contributed by atoms with E-state index >= 15 is 0 Å². The molecule has 0 radical (unpaired) electrons. The van der Waals surface area contributed by atoms with Gasteiger partial charge in [0.05, 0.1) is 23.1 Å². The van der Waals surface area contributed by atoms with Crippen LogP contribution in [0.25, 0.3) is 22.5 Å². The summed E-state index contributed by atoms with van der Waals surface area (Å²) in [4.78, 5) is 36.6. The van der Waals surface area contributed by atoms with Crippen LogP contribution in [0.3, 0.4) is 0 Å². The first-order valence-electron chi connectivity index (χ1n) is 10.0. The third kappa shape index (κ3) is 4.83. The maximum absolute atomic E-state index is 13.2. The van der Waals surface area contributed by atoms with Crippen molar-refractivity contribution in [1.82, 2.24) is 0 Å². The van der Waals surface area contributed by atoms with E-state index in [0.717, 1.165) is 11.1 Å². The van der Waals surface area contributed by atoms with Crippen molar-refractivity contribution in [2.24, 2.45) is 0 Å². The molecular formula is C26H19NO6. The van der Waals surface area contributed by atoms with E-state index in [0.29, 0.717) is 11.3 Å². The molecule has 4 rings (SSSR count). The van der Waals surface area contributed by atoms with Crippen LogP contribution in [-0.2, 0) is 4.79 Å². The van der Waals surface area contributed by atoms with E-state index in [9.17, 15) is 19.5 Å². The summed E-state index contributed by atoms with van der Waals surface area (Å²) in [5, 5.41) is 12.3. The number of furan rings is 1. The Morgan fingerprint density at radius 2 is 1.58 bits per heavy atom. The third-order valence-electron chi connectivity index (χ3n) is 4.89. The van der Waals surface area contributed by atoms with Crippen molar-refractivity contribution in [2.45, 2.75) is 6.92 Å². The summed E-state index contributed by atoms with van der Waals surface area (Å²) in [6, 6.07) is 22.2. The molecule has 0 fully saturated rings. The number of carboxylic acids is 1. The number of carbonyl (C=O) groups excluding carboxylic acids is 2. The Morgan fingerprint density at radius 3 is 2.24 bits per heavy atom. The molecule has 0 atom stereocenters. The van der Waals surface area contributed by atoms with Gasteiger partial charge in [-0.25, -0.2) is 4.79 Å². The number of aromatic carboxylic acids is 1. The van der Waals surface area contributed by atoms with Crippen LogP contribution in [0.5, 0.6) is 5.75 Å². The average Bonchev–Trinajstić information content (AvgIpc) is 3.34. The lowest BCUT2D eigenvalue weighted by molar-refractivity contribution is -0.131. The van der Waals surface area contributed by atoms with Crippen LogP contribution in [0.15, 0.2) is 89.5 Å². The van der Waals surface area contributed by atoms with E-state index < -0.39 is 17.8 Å². The molecule has 0 aliphatic carbocycles. The minimum atomic E-state index is -1.19. The highest BCUT2D eigenvalue weighted by Crippen LogP contribution is 2.30. The van der Waals surface area contributed by atoms with Crippen LogP contribution in [0.2, 0.25) is 0 Å². The molecule has 1 aromatic heterocycles. The van der Waals surface area contributed by atoms with Crippen LogP contribution in [0, 0.1) is 0 Å². The number of esters is 1. The molecule has 0 aliphatic rings. The fourth-order valence-corrected chi connectivity index (χ4v) is 3.38. The van der Waals surface area contributed by atoms with Gasteiger partial charge in [0.2, 0.25) is 0 Å². The zero-order valence-electron chi connectivity index (χ0n) is 17.6. The monoisotopic (exact) mass is 441 g/mol. The maximum Gasteiger partial charge on any atom is 0.337 e. The van der Waals surface area contributed by atoms with Gasteiger partial charge < -0.3 is 19.6 Å².